The number of carbonyl (C=O) groups is 2. The van der Waals surface area contributed by atoms with Crippen LogP contribution in [0, 0.1) is 5.82 Å². The van der Waals surface area contributed by atoms with Crippen LogP contribution in [0.15, 0.2) is 30.3 Å². The summed E-state index contributed by atoms with van der Waals surface area (Å²) in [5, 5.41) is 5.62. The maximum Gasteiger partial charge on any atom is 0.258 e. The third-order valence-corrected chi connectivity index (χ3v) is 4.70. The summed E-state index contributed by atoms with van der Waals surface area (Å²) in [6.07, 6.45) is 0. The molecule has 0 saturated heterocycles. The van der Waals surface area contributed by atoms with E-state index in [1.165, 1.54) is 37.4 Å². The van der Waals surface area contributed by atoms with Crippen LogP contribution in [0.5, 0.6) is 11.5 Å². The highest BCUT2D eigenvalue weighted by Gasteiger charge is 2.18. The summed E-state index contributed by atoms with van der Waals surface area (Å²) in [7, 11) is 1.43. The van der Waals surface area contributed by atoms with Crippen molar-refractivity contribution in [2.24, 2.45) is 0 Å². The van der Waals surface area contributed by atoms with Gasteiger partial charge < -0.3 is 20.1 Å². The number of methoxy groups -OCH3 is 1. The van der Waals surface area contributed by atoms with E-state index in [4.69, 9.17) is 32.7 Å². The third-order valence-electron chi connectivity index (χ3n) is 4.09. The lowest BCUT2D eigenvalue weighted by Gasteiger charge is -2.17. The fourth-order valence-electron chi connectivity index (χ4n) is 2.66. The van der Waals surface area contributed by atoms with Gasteiger partial charge >= 0.3 is 0 Å². The number of nitrogens with one attached hydrogen (secondary N) is 2. The Morgan fingerprint density at radius 3 is 2.37 bits per heavy atom. The summed E-state index contributed by atoms with van der Waals surface area (Å²) < 4.78 is 24.5. The Morgan fingerprint density at radius 2 is 1.73 bits per heavy atom. The smallest absolute Gasteiger partial charge is 0.258 e. The Labute approximate surface area is 184 Å². The molecule has 2 aromatic carbocycles. The van der Waals surface area contributed by atoms with E-state index < -0.39 is 17.8 Å². The van der Waals surface area contributed by atoms with E-state index in [1.54, 1.807) is 6.92 Å². The predicted molar refractivity (Wildman–Crippen MR) is 114 cm³/mol. The number of amides is 2. The van der Waals surface area contributed by atoms with Crippen LogP contribution in [0.3, 0.4) is 0 Å². The quantitative estimate of drug-likeness (QED) is 0.571. The first kappa shape index (κ1) is 23.8. The summed E-state index contributed by atoms with van der Waals surface area (Å²) in [6, 6.07) is 6.47. The minimum atomic E-state index is -0.623. The monoisotopic (exact) mass is 456 g/mol. The van der Waals surface area contributed by atoms with Crippen molar-refractivity contribution in [2.45, 2.75) is 32.9 Å². The molecule has 0 spiro atoms. The van der Waals surface area contributed by atoms with Gasteiger partial charge in [-0.15, -0.1) is 0 Å². The van der Waals surface area contributed by atoms with Crippen molar-refractivity contribution >= 4 is 35.0 Å². The Balaban J connectivity index is 2.11. The van der Waals surface area contributed by atoms with Crippen LogP contribution in [-0.2, 0) is 4.79 Å². The van der Waals surface area contributed by atoms with Gasteiger partial charge in [0.25, 0.3) is 11.8 Å². The molecule has 0 aliphatic rings. The number of benzene rings is 2. The van der Waals surface area contributed by atoms with Crippen molar-refractivity contribution in [1.82, 2.24) is 10.6 Å². The van der Waals surface area contributed by atoms with Crippen LogP contribution in [0.2, 0.25) is 10.0 Å². The van der Waals surface area contributed by atoms with E-state index in [9.17, 15) is 14.0 Å². The van der Waals surface area contributed by atoms with Crippen LogP contribution in [0.25, 0.3) is 0 Å². The Hall–Kier alpha value is -2.51. The van der Waals surface area contributed by atoms with Crippen LogP contribution in [-0.4, -0.2) is 31.6 Å². The Bertz CT molecular complexity index is 937. The maximum absolute atomic E-state index is 13.8. The first-order valence-electron chi connectivity index (χ1n) is 9.17. The molecule has 162 valence electrons. The zero-order chi connectivity index (χ0) is 22.4. The normalized spacial score (nSPS) is 11.7. The molecule has 6 nitrogen and oxygen atoms in total. The largest absolute Gasteiger partial charge is 0.493 e. The van der Waals surface area contributed by atoms with Crippen molar-refractivity contribution in [3.05, 3.63) is 57.3 Å². The lowest BCUT2D eigenvalue weighted by Crippen LogP contribution is -2.34. The number of halogens is 3. The molecule has 0 heterocycles. The molecule has 0 saturated carbocycles. The minimum Gasteiger partial charge on any atom is -0.493 e. The van der Waals surface area contributed by atoms with Crippen molar-refractivity contribution in [3.8, 4) is 11.5 Å². The zero-order valence-electron chi connectivity index (χ0n) is 17.0. The Kier molecular flexibility index (Phi) is 8.32. The van der Waals surface area contributed by atoms with Gasteiger partial charge in [0.1, 0.15) is 5.82 Å². The molecule has 0 bridgehead atoms. The van der Waals surface area contributed by atoms with Gasteiger partial charge in [0.2, 0.25) is 0 Å². The second kappa shape index (κ2) is 10.5. The maximum atomic E-state index is 13.8. The van der Waals surface area contributed by atoms with Gasteiger partial charge in [0.05, 0.1) is 18.2 Å². The molecule has 1 unspecified atom stereocenters. The van der Waals surface area contributed by atoms with Crippen molar-refractivity contribution < 1.29 is 23.5 Å². The third kappa shape index (κ3) is 6.24. The van der Waals surface area contributed by atoms with Crippen LogP contribution < -0.4 is 20.1 Å². The second-order valence-electron chi connectivity index (χ2n) is 6.86. The van der Waals surface area contributed by atoms with Gasteiger partial charge in [0, 0.05) is 16.6 Å². The predicted octanol–water partition coefficient (Wildman–Crippen LogP) is 4.54. The molecular formula is C21H23Cl2FN2O4. The molecule has 0 aromatic heterocycles. The number of rotatable bonds is 8. The van der Waals surface area contributed by atoms with Crippen LogP contribution in [0.4, 0.5) is 4.39 Å². The average Bonchev–Trinajstić information content (AvgIpc) is 2.68. The van der Waals surface area contributed by atoms with E-state index in [-0.39, 0.29) is 28.6 Å². The van der Waals surface area contributed by atoms with Gasteiger partial charge in [-0.3, -0.25) is 9.59 Å². The van der Waals surface area contributed by atoms with Gasteiger partial charge in [-0.25, -0.2) is 4.39 Å². The van der Waals surface area contributed by atoms with Gasteiger partial charge in [-0.2, -0.15) is 0 Å². The molecule has 9 heteroatoms. The van der Waals surface area contributed by atoms with Crippen LogP contribution in [0.1, 0.15) is 42.7 Å². The highest BCUT2D eigenvalue weighted by molar-refractivity contribution is 6.35. The lowest BCUT2D eigenvalue weighted by atomic mass is 10.1. The zero-order valence-corrected chi connectivity index (χ0v) is 18.5. The highest BCUT2D eigenvalue weighted by Crippen LogP contribution is 2.30. The number of ether oxygens (including phenoxy) is 2. The van der Waals surface area contributed by atoms with E-state index in [2.05, 4.69) is 10.6 Å². The van der Waals surface area contributed by atoms with Crippen molar-refractivity contribution in [3.63, 3.8) is 0 Å². The summed E-state index contributed by atoms with van der Waals surface area (Å²) in [5.41, 5.74) is 0.693. The summed E-state index contributed by atoms with van der Waals surface area (Å²) in [5.74, 6) is -0.694. The van der Waals surface area contributed by atoms with E-state index in [0.29, 0.717) is 22.6 Å². The molecular weight excluding hydrogens is 434 g/mol. The number of hydrogen-bond donors (Lipinski definition) is 2. The number of hydrogen-bond acceptors (Lipinski definition) is 4. The van der Waals surface area contributed by atoms with Crippen LogP contribution >= 0.6 is 23.2 Å². The van der Waals surface area contributed by atoms with E-state index in [0.717, 1.165) is 0 Å². The molecule has 0 aliphatic heterocycles. The fourth-order valence-corrected chi connectivity index (χ4v) is 3.21. The van der Waals surface area contributed by atoms with E-state index in [1.807, 2.05) is 13.8 Å². The molecule has 1 atom stereocenters. The lowest BCUT2D eigenvalue weighted by molar-refractivity contribution is -0.123. The molecule has 0 radical (unpaired) electrons. The van der Waals surface area contributed by atoms with Gasteiger partial charge in [-0.1, -0.05) is 23.2 Å². The summed E-state index contributed by atoms with van der Waals surface area (Å²) >= 11 is 11.8. The molecule has 0 aliphatic carbocycles. The summed E-state index contributed by atoms with van der Waals surface area (Å²) in [6.45, 7) is 5.18. The molecule has 2 rings (SSSR count). The molecule has 0 fully saturated rings. The van der Waals surface area contributed by atoms with Gasteiger partial charge in [-0.05, 0) is 56.7 Å². The molecule has 2 N–H and O–H groups in total. The SMILES string of the molecule is COc1cc(C(=O)NC(C)c2cc(F)c(Cl)cc2Cl)ccc1OCC(=O)NC(C)C. The standard InChI is InChI=1S/C21H23Cl2FN2O4/c1-11(2)25-20(27)10-30-18-6-5-13(7-19(18)29-4)21(28)26-12(3)14-8-17(24)16(23)9-15(14)22/h5-9,11-12H,10H2,1-4H3,(H,25,27)(H,26,28). The van der Waals surface area contributed by atoms with Gasteiger partial charge in [0.15, 0.2) is 18.1 Å². The summed E-state index contributed by atoms with van der Waals surface area (Å²) in [4.78, 5) is 24.4. The Morgan fingerprint density at radius 1 is 1.03 bits per heavy atom. The topological polar surface area (TPSA) is 76.7 Å². The average molecular weight is 457 g/mol. The first-order valence-corrected chi connectivity index (χ1v) is 9.93. The first-order chi connectivity index (χ1) is 14.1. The molecule has 2 amide bonds. The van der Waals surface area contributed by atoms with E-state index >= 15 is 0 Å². The molecule has 2 aromatic rings. The fraction of sp³-hybridized carbons (Fsp3) is 0.333. The molecule has 30 heavy (non-hydrogen) atoms. The van der Waals surface area contributed by atoms with Crippen molar-refractivity contribution in [2.75, 3.05) is 13.7 Å². The van der Waals surface area contributed by atoms with Crippen molar-refractivity contribution in [1.29, 1.82) is 0 Å². The number of carbonyl (C=O) groups excluding carboxylic acids is 2. The minimum absolute atomic E-state index is 0.00123. The second-order valence-corrected chi connectivity index (χ2v) is 7.67. The highest BCUT2D eigenvalue weighted by atomic mass is 35.5.